The first kappa shape index (κ1) is 13.6. The number of halogens is 3. The Kier molecular flexibility index (Phi) is 4.44. The van der Waals surface area contributed by atoms with Gasteiger partial charge >= 0.3 is 0 Å². The minimum atomic E-state index is 0.617. The molecule has 90 valence electrons. The number of anilines is 2. The fourth-order valence-corrected chi connectivity index (χ4v) is 3.11. The van der Waals surface area contributed by atoms with Crippen LogP contribution in [0.5, 0.6) is 0 Å². The first-order valence-electron chi connectivity index (χ1n) is 5.02. The van der Waals surface area contributed by atoms with Crippen LogP contribution in [0.2, 0.25) is 0 Å². The second-order valence-electron chi connectivity index (χ2n) is 3.53. The number of benzene rings is 2. The number of nitrogens with zero attached hydrogens (tertiary/aromatic N) is 1. The van der Waals surface area contributed by atoms with Crippen molar-refractivity contribution in [3.05, 3.63) is 55.4 Å². The van der Waals surface area contributed by atoms with E-state index < -0.39 is 0 Å². The maximum absolute atomic E-state index is 8.87. The normalized spacial score (nSPS) is 9.89. The van der Waals surface area contributed by atoms with Crippen molar-refractivity contribution >= 4 is 59.2 Å². The van der Waals surface area contributed by atoms with Crippen LogP contribution in [-0.2, 0) is 0 Å². The Bertz CT molecular complexity index is 612. The fourth-order valence-electron chi connectivity index (χ4n) is 1.45. The summed E-state index contributed by atoms with van der Waals surface area (Å²) in [5, 5.41) is 12.2. The monoisotopic (exact) mass is 428 g/mol. The number of rotatable bonds is 2. The van der Waals surface area contributed by atoms with Crippen molar-refractivity contribution in [1.29, 1.82) is 5.26 Å². The number of para-hydroxylation sites is 1. The number of nitrogens with one attached hydrogen (secondary N) is 1. The van der Waals surface area contributed by atoms with Crippen LogP contribution >= 0.6 is 47.8 Å². The van der Waals surface area contributed by atoms with Crippen molar-refractivity contribution in [1.82, 2.24) is 0 Å². The quantitative estimate of drug-likeness (QED) is 0.674. The van der Waals surface area contributed by atoms with E-state index in [1.807, 2.05) is 30.3 Å². The molecule has 2 aromatic rings. The minimum absolute atomic E-state index is 0.617. The average molecular weight is 431 g/mol. The molecule has 0 heterocycles. The number of hydrogen-bond acceptors (Lipinski definition) is 2. The Hall–Kier alpha value is -0.830. The summed E-state index contributed by atoms with van der Waals surface area (Å²) in [5.41, 5.74) is 2.48. The molecule has 0 aliphatic heterocycles. The maximum atomic E-state index is 8.87. The second-order valence-corrected chi connectivity index (χ2v) is 6.09. The van der Waals surface area contributed by atoms with Crippen molar-refractivity contribution in [2.45, 2.75) is 0 Å². The summed E-state index contributed by atoms with van der Waals surface area (Å²) in [7, 11) is 0. The molecule has 0 fully saturated rings. The van der Waals surface area contributed by atoms with Gasteiger partial charge in [-0.25, -0.2) is 0 Å². The van der Waals surface area contributed by atoms with E-state index in [9.17, 15) is 0 Å². The van der Waals surface area contributed by atoms with Gasteiger partial charge in [0.25, 0.3) is 0 Å². The van der Waals surface area contributed by atoms with Gasteiger partial charge in [0.05, 0.1) is 11.3 Å². The molecule has 2 nitrogen and oxygen atoms in total. The van der Waals surface area contributed by atoms with E-state index in [1.54, 1.807) is 6.07 Å². The van der Waals surface area contributed by atoms with Crippen LogP contribution in [0.25, 0.3) is 0 Å². The van der Waals surface area contributed by atoms with E-state index in [1.165, 1.54) is 0 Å². The smallest absolute Gasteiger partial charge is 0.100 e. The largest absolute Gasteiger partial charge is 0.354 e. The second kappa shape index (κ2) is 5.87. The minimum Gasteiger partial charge on any atom is -0.354 e. The Morgan fingerprint density at radius 1 is 0.944 bits per heavy atom. The standard InChI is InChI=1S/C13H7Br3N2/c14-10-2-1-3-11(15)13(10)18-9-5-4-8(7-17)12(16)6-9/h1-6,18H. The highest BCUT2D eigenvalue weighted by atomic mass is 79.9. The lowest BCUT2D eigenvalue weighted by atomic mass is 10.2. The molecule has 0 saturated carbocycles. The molecule has 0 saturated heterocycles. The predicted octanol–water partition coefficient (Wildman–Crippen LogP) is 5.59. The van der Waals surface area contributed by atoms with Crippen molar-refractivity contribution in [2.75, 3.05) is 5.32 Å². The lowest BCUT2D eigenvalue weighted by Gasteiger charge is -2.11. The van der Waals surface area contributed by atoms with E-state index in [0.29, 0.717) is 5.56 Å². The zero-order valence-corrected chi connectivity index (χ0v) is 13.8. The van der Waals surface area contributed by atoms with Crippen molar-refractivity contribution in [2.24, 2.45) is 0 Å². The van der Waals surface area contributed by atoms with E-state index in [-0.39, 0.29) is 0 Å². The maximum Gasteiger partial charge on any atom is 0.100 e. The molecule has 2 aromatic carbocycles. The van der Waals surface area contributed by atoms with Gasteiger partial charge in [0.1, 0.15) is 6.07 Å². The van der Waals surface area contributed by atoms with Crippen molar-refractivity contribution in [3.8, 4) is 6.07 Å². The molecule has 0 atom stereocenters. The lowest BCUT2D eigenvalue weighted by molar-refractivity contribution is 1.44. The summed E-state index contributed by atoms with van der Waals surface area (Å²) in [6, 6.07) is 13.5. The van der Waals surface area contributed by atoms with Crippen molar-refractivity contribution in [3.63, 3.8) is 0 Å². The predicted molar refractivity (Wildman–Crippen MR) is 84.0 cm³/mol. The van der Waals surface area contributed by atoms with Crippen LogP contribution in [0.4, 0.5) is 11.4 Å². The highest BCUT2D eigenvalue weighted by Gasteiger charge is 2.06. The van der Waals surface area contributed by atoms with Crippen LogP contribution in [0.3, 0.4) is 0 Å². The molecule has 0 unspecified atom stereocenters. The first-order chi connectivity index (χ1) is 8.61. The summed E-state index contributed by atoms with van der Waals surface area (Å²) in [6.07, 6.45) is 0. The number of nitriles is 1. The Morgan fingerprint density at radius 3 is 2.17 bits per heavy atom. The summed E-state index contributed by atoms with van der Waals surface area (Å²) < 4.78 is 2.72. The molecular weight excluding hydrogens is 424 g/mol. The lowest BCUT2D eigenvalue weighted by Crippen LogP contribution is -1.93. The highest BCUT2D eigenvalue weighted by molar-refractivity contribution is 9.11. The van der Waals surface area contributed by atoms with Gasteiger partial charge in [0.15, 0.2) is 0 Å². The summed E-state index contributed by atoms with van der Waals surface area (Å²) in [6.45, 7) is 0. The Morgan fingerprint density at radius 2 is 1.61 bits per heavy atom. The average Bonchev–Trinajstić information content (AvgIpc) is 2.34. The highest BCUT2D eigenvalue weighted by Crippen LogP contribution is 2.34. The molecule has 1 N–H and O–H groups in total. The van der Waals surface area contributed by atoms with Crippen LogP contribution in [0.1, 0.15) is 5.56 Å². The summed E-state index contributed by atoms with van der Waals surface area (Å²) in [5.74, 6) is 0. The van der Waals surface area contributed by atoms with Gasteiger partial charge in [0, 0.05) is 19.1 Å². The molecule has 2 rings (SSSR count). The van der Waals surface area contributed by atoms with Gasteiger partial charge in [-0.3, -0.25) is 0 Å². The molecule has 0 radical (unpaired) electrons. The van der Waals surface area contributed by atoms with Gasteiger partial charge in [-0.15, -0.1) is 0 Å². The van der Waals surface area contributed by atoms with Gasteiger partial charge < -0.3 is 5.32 Å². The molecule has 0 spiro atoms. The summed E-state index contributed by atoms with van der Waals surface area (Å²) >= 11 is 10.4. The van der Waals surface area contributed by atoms with Gasteiger partial charge in [0.2, 0.25) is 0 Å². The van der Waals surface area contributed by atoms with E-state index in [4.69, 9.17) is 5.26 Å². The Balaban J connectivity index is 2.35. The third-order valence-corrected chi connectivity index (χ3v) is 4.30. The molecule has 0 amide bonds. The third-order valence-electron chi connectivity index (χ3n) is 2.32. The molecule has 0 aliphatic carbocycles. The first-order valence-corrected chi connectivity index (χ1v) is 7.40. The topological polar surface area (TPSA) is 35.8 Å². The van der Waals surface area contributed by atoms with Gasteiger partial charge in [-0.05, 0) is 78.1 Å². The van der Waals surface area contributed by atoms with Crippen molar-refractivity contribution < 1.29 is 0 Å². The zero-order chi connectivity index (χ0) is 13.1. The fraction of sp³-hybridized carbons (Fsp3) is 0. The molecule has 0 aromatic heterocycles. The van der Waals surface area contributed by atoms with E-state index in [2.05, 4.69) is 59.2 Å². The molecule has 5 heteroatoms. The van der Waals surface area contributed by atoms with E-state index in [0.717, 1.165) is 24.8 Å². The van der Waals surface area contributed by atoms with E-state index >= 15 is 0 Å². The van der Waals surface area contributed by atoms with Crippen LogP contribution in [0.15, 0.2) is 49.8 Å². The van der Waals surface area contributed by atoms with Crippen LogP contribution < -0.4 is 5.32 Å². The van der Waals surface area contributed by atoms with Crippen LogP contribution in [0, 0.1) is 11.3 Å². The van der Waals surface area contributed by atoms with Gasteiger partial charge in [-0.1, -0.05) is 6.07 Å². The summed E-state index contributed by atoms with van der Waals surface area (Å²) in [4.78, 5) is 0. The molecule has 18 heavy (non-hydrogen) atoms. The molecule has 0 aliphatic rings. The number of hydrogen-bond donors (Lipinski definition) is 1. The zero-order valence-electron chi connectivity index (χ0n) is 9.05. The SMILES string of the molecule is N#Cc1ccc(Nc2c(Br)cccc2Br)cc1Br. The third kappa shape index (κ3) is 2.94. The van der Waals surface area contributed by atoms with Crippen LogP contribution in [-0.4, -0.2) is 0 Å². The molecular formula is C13H7Br3N2. The van der Waals surface area contributed by atoms with Gasteiger partial charge in [-0.2, -0.15) is 5.26 Å². The Labute approximate surface area is 130 Å². The molecule has 0 bridgehead atoms.